The van der Waals surface area contributed by atoms with Crippen LogP contribution in [0.15, 0.2) is 18.2 Å². The number of carbonyl (C=O) groups excluding carboxylic acids is 1. The van der Waals surface area contributed by atoms with Gasteiger partial charge in [-0.05, 0) is 57.6 Å². The number of rotatable bonds is 7. The molecule has 3 aromatic rings. The van der Waals surface area contributed by atoms with Gasteiger partial charge < -0.3 is 9.64 Å². The first kappa shape index (κ1) is 24.4. The first-order valence-corrected chi connectivity index (χ1v) is 13.0. The van der Waals surface area contributed by atoms with Crippen molar-refractivity contribution in [3.05, 3.63) is 40.7 Å². The second-order valence-corrected chi connectivity index (χ2v) is 9.64. The van der Waals surface area contributed by atoms with E-state index in [1.54, 1.807) is 0 Å². The number of hydrogen-bond donors (Lipinski definition) is 1. The molecule has 1 aliphatic carbocycles. The maximum Gasteiger partial charge on any atom is 0.307 e. The zero-order chi connectivity index (χ0) is 25.1. The number of piperazine rings is 1. The van der Waals surface area contributed by atoms with Crippen molar-refractivity contribution >= 4 is 34.6 Å². The van der Waals surface area contributed by atoms with Crippen LogP contribution >= 0.6 is 0 Å². The Bertz CT molecular complexity index is 1250. The summed E-state index contributed by atoms with van der Waals surface area (Å²) in [6, 6.07) is 6.42. The third-order valence-corrected chi connectivity index (χ3v) is 7.08. The quantitative estimate of drug-likeness (QED) is 0.498. The standard InChI is InChI=1S/C27H35N7O2/c1-4-36-24(35)11-12-33-13-15-34(16-14-33)23-17-18(2)28-26(30-23)32-27-29-19(3)21-10-9-20-7-5-6-8-22(20)25(21)31-27/h9-10,17H,4-8,11-16H2,1-3H3,(H,28,29,30,31,32). The largest absolute Gasteiger partial charge is 0.466 e. The third-order valence-electron chi connectivity index (χ3n) is 7.08. The molecular weight excluding hydrogens is 454 g/mol. The van der Waals surface area contributed by atoms with Crippen LogP contribution in [0.5, 0.6) is 0 Å². The summed E-state index contributed by atoms with van der Waals surface area (Å²) < 4.78 is 5.05. The molecule has 1 saturated heterocycles. The Labute approximate surface area is 212 Å². The van der Waals surface area contributed by atoms with Gasteiger partial charge in [0.15, 0.2) is 0 Å². The molecule has 1 N–H and O–H groups in total. The molecule has 0 atom stereocenters. The summed E-state index contributed by atoms with van der Waals surface area (Å²) in [6.07, 6.45) is 5.07. The van der Waals surface area contributed by atoms with E-state index in [-0.39, 0.29) is 5.97 Å². The van der Waals surface area contributed by atoms with Crippen molar-refractivity contribution in [2.24, 2.45) is 0 Å². The number of nitrogens with one attached hydrogen (secondary N) is 1. The maximum atomic E-state index is 11.7. The van der Waals surface area contributed by atoms with Crippen LogP contribution in [-0.4, -0.2) is 70.1 Å². The van der Waals surface area contributed by atoms with Crippen LogP contribution in [0.1, 0.15) is 48.7 Å². The number of esters is 1. The van der Waals surface area contributed by atoms with Crippen LogP contribution < -0.4 is 10.2 Å². The Balaban J connectivity index is 1.30. The van der Waals surface area contributed by atoms with Crippen LogP contribution in [-0.2, 0) is 22.4 Å². The van der Waals surface area contributed by atoms with E-state index in [4.69, 9.17) is 19.7 Å². The monoisotopic (exact) mass is 489 g/mol. The summed E-state index contributed by atoms with van der Waals surface area (Å²) in [7, 11) is 0. The van der Waals surface area contributed by atoms with Crippen molar-refractivity contribution in [1.29, 1.82) is 0 Å². The van der Waals surface area contributed by atoms with Crippen LogP contribution in [0.4, 0.5) is 17.7 Å². The van der Waals surface area contributed by atoms with Gasteiger partial charge >= 0.3 is 5.97 Å². The molecule has 1 fully saturated rings. The average molecular weight is 490 g/mol. The number of carbonyl (C=O) groups is 1. The highest BCUT2D eigenvalue weighted by Gasteiger charge is 2.21. The molecule has 0 radical (unpaired) electrons. The highest BCUT2D eigenvalue weighted by molar-refractivity contribution is 5.86. The van der Waals surface area contributed by atoms with E-state index in [9.17, 15) is 4.79 Å². The van der Waals surface area contributed by atoms with Crippen LogP contribution in [0.2, 0.25) is 0 Å². The van der Waals surface area contributed by atoms with Crippen molar-refractivity contribution in [3.63, 3.8) is 0 Å². The number of hydrogen-bond acceptors (Lipinski definition) is 9. The van der Waals surface area contributed by atoms with E-state index in [0.29, 0.717) is 24.9 Å². The Morgan fingerprint density at radius 3 is 2.58 bits per heavy atom. The lowest BCUT2D eigenvalue weighted by Gasteiger charge is -2.35. The van der Waals surface area contributed by atoms with Gasteiger partial charge in [-0.1, -0.05) is 12.1 Å². The van der Waals surface area contributed by atoms with Crippen molar-refractivity contribution < 1.29 is 9.53 Å². The molecule has 3 heterocycles. The molecule has 5 rings (SSSR count). The minimum atomic E-state index is -0.131. The summed E-state index contributed by atoms with van der Waals surface area (Å²) in [5.41, 5.74) is 5.67. The normalized spacial score (nSPS) is 16.1. The first-order valence-electron chi connectivity index (χ1n) is 13.0. The summed E-state index contributed by atoms with van der Waals surface area (Å²) in [6.45, 7) is 10.5. The highest BCUT2D eigenvalue weighted by Crippen LogP contribution is 2.30. The van der Waals surface area contributed by atoms with Gasteiger partial charge in [-0.25, -0.2) is 15.0 Å². The van der Waals surface area contributed by atoms with Gasteiger partial charge in [0.25, 0.3) is 0 Å². The Kier molecular flexibility index (Phi) is 7.27. The van der Waals surface area contributed by atoms with E-state index in [1.807, 2.05) is 26.8 Å². The summed E-state index contributed by atoms with van der Waals surface area (Å²) in [5, 5.41) is 4.40. The molecule has 0 saturated carbocycles. The van der Waals surface area contributed by atoms with Crippen LogP contribution in [0.25, 0.3) is 10.9 Å². The van der Waals surface area contributed by atoms with Crippen molar-refractivity contribution in [2.45, 2.75) is 52.9 Å². The van der Waals surface area contributed by atoms with Gasteiger partial charge in [0.05, 0.1) is 24.2 Å². The lowest BCUT2D eigenvalue weighted by atomic mass is 9.89. The average Bonchev–Trinajstić information content (AvgIpc) is 2.87. The molecule has 0 bridgehead atoms. The summed E-state index contributed by atoms with van der Waals surface area (Å²) >= 11 is 0. The number of nitrogens with zero attached hydrogens (tertiary/aromatic N) is 6. The zero-order valence-electron chi connectivity index (χ0n) is 21.5. The topological polar surface area (TPSA) is 96.4 Å². The lowest BCUT2D eigenvalue weighted by molar-refractivity contribution is -0.143. The van der Waals surface area contributed by atoms with Gasteiger partial charge in [0.2, 0.25) is 11.9 Å². The van der Waals surface area contributed by atoms with E-state index >= 15 is 0 Å². The van der Waals surface area contributed by atoms with Gasteiger partial charge in [-0.3, -0.25) is 15.0 Å². The predicted molar refractivity (Wildman–Crippen MR) is 141 cm³/mol. The molecule has 36 heavy (non-hydrogen) atoms. The number of aromatic nitrogens is 4. The second-order valence-electron chi connectivity index (χ2n) is 9.64. The molecule has 9 heteroatoms. The van der Waals surface area contributed by atoms with Gasteiger partial charge in [0.1, 0.15) is 5.82 Å². The Morgan fingerprint density at radius 2 is 1.78 bits per heavy atom. The molecule has 2 aromatic heterocycles. The summed E-state index contributed by atoms with van der Waals surface area (Å²) in [5.74, 6) is 1.82. The maximum absolute atomic E-state index is 11.7. The van der Waals surface area contributed by atoms with Gasteiger partial charge in [-0.15, -0.1) is 0 Å². The Morgan fingerprint density at radius 1 is 1.00 bits per heavy atom. The van der Waals surface area contributed by atoms with Crippen molar-refractivity contribution in [1.82, 2.24) is 24.8 Å². The minimum Gasteiger partial charge on any atom is -0.466 e. The molecular formula is C27H35N7O2. The third kappa shape index (κ3) is 5.41. The summed E-state index contributed by atoms with van der Waals surface area (Å²) in [4.78, 5) is 35.3. The number of benzene rings is 1. The van der Waals surface area contributed by atoms with Gasteiger partial charge in [-0.2, -0.15) is 4.98 Å². The molecule has 1 aliphatic heterocycles. The zero-order valence-corrected chi connectivity index (χ0v) is 21.5. The van der Waals surface area contributed by atoms with E-state index in [0.717, 1.165) is 73.7 Å². The highest BCUT2D eigenvalue weighted by atomic mass is 16.5. The number of anilines is 3. The molecule has 0 spiro atoms. The molecule has 0 amide bonds. The first-order chi connectivity index (χ1) is 17.5. The minimum absolute atomic E-state index is 0.131. The van der Waals surface area contributed by atoms with Crippen LogP contribution in [0.3, 0.4) is 0 Å². The molecule has 2 aliphatic rings. The van der Waals surface area contributed by atoms with E-state index in [1.165, 1.54) is 24.0 Å². The molecule has 1 aromatic carbocycles. The van der Waals surface area contributed by atoms with Crippen molar-refractivity contribution in [2.75, 3.05) is 49.5 Å². The van der Waals surface area contributed by atoms with Crippen molar-refractivity contribution in [3.8, 4) is 0 Å². The molecule has 190 valence electrons. The number of aryl methyl sites for hydroxylation is 4. The van der Waals surface area contributed by atoms with E-state index < -0.39 is 0 Å². The number of fused-ring (bicyclic) bond motifs is 3. The number of ether oxygens (including phenoxy) is 1. The second kappa shape index (κ2) is 10.7. The molecule has 9 nitrogen and oxygen atoms in total. The smallest absolute Gasteiger partial charge is 0.307 e. The fourth-order valence-corrected chi connectivity index (χ4v) is 5.19. The molecule has 0 unspecified atom stereocenters. The fourth-order valence-electron chi connectivity index (χ4n) is 5.19. The van der Waals surface area contributed by atoms with E-state index in [2.05, 4.69) is 32.2 Å². The van der Waals surface area contributed by atoms with Gasteiger partial charge in [0, 0.05) is 49.9 Å². The fraction of sp³-hybridized carbons (Fsp3) is 0.519. The lowest BCUT2D eigenvalue weighted by Crippen LogP contribution is -2.47. The van der Waals surface area contributed by atoms with Crippen LogP contribution in [0, 0.1) is 13.8 Å². The Hall–Kier alpha value is -3.33. The SMILES string of the molecule is CCOC(=O)CCN1CCN(c2cc(C)nc(Nc3nc(C)c4ccc5c(c4n3)CCCC5)n2)CC1. The predicted octanol–water partition coefficient (Wildman–Crippen LogP) is 3.73.